The van der Waals surface area contributed by atoms with Gasteiger partial charge in [-0.3, -0.25) is 4.79 Å². The molecule has 0 aliphatic carbocycles. The summed E-state index contributed by atoms with van der Waals surface area (Å²) in [6.45, 7) is 1.87. The molecule has 0 spiro atoms. The maximum Gasteiger partial charge on any atom is 0.337 e. The lowest BCUT2D eigenvalue weighted by molar-refractivity contribution is -0.138. The minimum Gasteiger partial charge on any atom is -0.468 e. The Kier molecular flexibility index (Phi) is 7.48. The van der Waals surface area contributed by atoms with Crippen molar-refractivity contribution < 1.29 is 23.1 Å². The highest BCUT2D eigenvalue weighted by Crippen LogP contribution is 2.43. The van der Waals surface area contributed by atoms with Crippen molar-refractivity contribution in [3.05, 3.63) is 112 Å². The topological polar surface area (TPSA) is 92.3 Å². The first kappa shape index (κ1) is 24.0. The summed E-state index contributed by atoms with van der Waals surface area (Å²) < 4.78 is 24.2. The molecular weight excluding hydrogens is 467 g/mol. The third-order valence-electron chi connectivity index (χ3n) is 5.35. The summed E-state index contributed by atoms with van der Waals surface area (Å²) in [5, 5.41) is 13.8. The minimum atomic E-state index is -0.825. The lowest BCUT2D eigenvalue weighted by Gasteiger charge is -2.29. The second-order valence-electron chi connectivity index (χ2n) is 7.52. The highest BCUT2D eigenvalue weighted by atomic mass is 32.2. The van der Waals surface area contributed by atoms with Crippen LogP contribution in [0.4, 0.5) is 4.39 Å². The zero-order valence-electron chi connectivity index (χ0n) is 18.8. The second kappa shape index (κ2) is 10.9. The number of ether oxygens (including phenoxy) is 1. The molecule has 4 rings (SSSR count). The number of thioether (sulfide) groups is 1. The maximum absolute atomic E-state index is 13.2. The summed E-state index contributed by atoms with van der Waals surface area (Å²) in [5.74, 6) is -1.64. The smallest absolute Gasteiger partial charge is 0.337 e. The summed E-state index contributed by atoms with van der Waals surface area (Å²) in [6.07, 6.45) is 1.47. The molecule has 0 amide bonds. The molecule has 2 aromatic carbocycles. The van der Waals surface area contributed by atoms with Crippen LogP contribution >= 0.6 is 11.8 Å². The van der Waals surface area contributed by atoms with Crippen LogP contribution in [0.15, 0.2) is 93.6 Å². The lowest BCUT2D eigenvalue weighted by Crippen LogP contribution is -2.29. The van der Waals surface area contributed by atoms with E-state index in [1.165, 1.54) is 30.5 Å². The van der Waals surface area contributed by atoms with Gasteiger partial charge in [0.25, 0.3) is 0 Å². The molecule has 0 saturated carbocycles. The number of carbonyl (C=O) groups is 2. The van der Waals surface area contributed by atoms with E-state index >= 15 is 0 Å². The van der Waals surface area contributed by atoms with Gasteiger partial charge in [-0.05, 0) is 48.9 Å². The molecule has 0 bridgehead atoms. The molecule has 176 valence electrons. The average molecular weight is 489 g/mol. The summed E-state index contributed by atoms with van der Waals surface area (Å²) in [4.78, 5) is 25.9. The first-order valence-corrected chi connectivity index (χ1v) is 11.8. The number of hydrogen-bond donors (Lipinski definition) is 1. The van der Waals surface area contributed by atoms with Crippen molar-refractivity contribution >= 4 is 29.2 Å². The van der Waals surface area contributed by atoms with Gasteiger partial charge in [-0.25, -0.2) is 9.18 Å². The van der Waals surface area contributed by atoms with E-state index in [1.54, 1.807) is 19.1 Å². The van der Waals surface area contributed by atoms with Gasteiger partial charge in [0.15, 0.2) is 5.78 Å². The Morgan fingerprint density at radius 2 is 1.86 bits per heavy atom. The van der Waals surface area contributed by atoms with Gasteiger partial charge in [0, 0.05) is 5.56 Å². The number of Topliss-reactive ketones (excluding diaryl/α,β-unsaturated/α-hetero) is 1. The predicted octanol–water partition coefficient (Wildman–Crippen LogP) is 5.43. The van der Waals surface area contributed by atoms with Gasteiger partial charge in [-0.15, -0.1) is 0 Å². The van der Waals surface area contributed by atoms with Gasteiger partial charge in [-0.2, -0.15) is 5.26 Å². The third-order valence-corrected chi connectivity index (χ3v) is 6.37. The molecule has 0 radical (unpaired) electrons. The van der Waals surface area contributed by atoms with Crippen LogP contribution in [-0.2, 0) is 9.53 Å². The quantitative estimate of drug-likeness (QED) is 0.334. The van der Waals surface area contributed by atoms with E-state index in [1.807, 2.05) is 30.3 Å². The Balaban J connectivity index is 1.77. The van der Waals surface area contributed by atoms with Crippen molar-refractivity contribution in [2.75, 3.05) is 12.4 Å². The average Bonchev–Trinajstić information content (AvgIpc) is 3.42. The number of dihydropyridines is 1. The van der Waals surface area contributed by atoms with E-state index < -0.39 is 17.7 Å². The molecule has 6 nitrogen and oxygen atoms in total. The number of furan rings is 1. The largest absolute Gasteiger partial charge is 0.468 e. The number of carbonyl (C=O) groups excluding carboxylic acids is 2. The Morgan fingerprint density at radius 3 is 2.49 bits per heavy atom. The molecule has 1 atom stereocenters. The number of nitrogens with one attached hydrogen (secondary N) is 1. The van der Waals surface area contributed by atoms with Crippen LogP contribution < -0.4 is 5.32 Å². The predicted molar refractivity (Wildman–Crippen MR) is 130 cm³/mol. The van der Waals surface area contributed by atoms with Crippen LogP contribution in [0.25, 0.3) is 5.70 Å². The first-order valence-electron chi connectivity index (χ1n) is 10.9. The Morgan fingerprint density at radius 1 is 1.11 bits per heavy atom. The molecule has 0 fully saturated rings. The number of nitriles is 1. The van der Waals surface area contributed by atoms with E-state index in [9.17, 15) is 19.2 Å². The maximum atomic E-state index is 13.2. The van der Waals surface area contributed by atoms with Gasteiger partial charge < -0.3 is 14.5 Å². The molecule has 1 aliphatic rings. The van der Waals surface area contributed by atoms with Crippen molar-refractivity contribution in [2.24, 2.45) is 0 Å². The van der Waals surface area contributed by atoms with Crippen molar-refractivity contribution in [1.82, 2.24) is 5.32 Å². The number of benzene rings is 2. The monoisotopic (exact) mass is 488 g/mol. The Labute approximate surface area is 206 Å². The SMILES string of the molecule is CCOC(=O)C1=C(c2ccccc2)NC(SCC(=O)c2ccc(F)cc2)=C(C#N)[C@H]1c1ccco1. The number of ketones is 1. The van der Waals surface area contributed by atoms with Gasteiger partial charge in [0.2, 0.25) is 0 Å². The van der Waals surface area contributed by atoms with Gasteiger partial charge >= 0.3 is 5.97 Å². The van der Waals surface area contributed by atoms with Crippen molar-refractivity contribution in [3.63, 3.8) is 0 Å². The molecule has 1 aliphatic heterocycles. The summed E-state index contributed by atoms with van der Waals surface area (Å²) in [6, 6.07) is 20.1. The zero-order chi connectivity index (χ0) is 24.8. The van der Waals surface area contributed by atoms with Gasteiger partial charge in [-0.1, -0.05) is 42.1 Å². The van der Waals surface area contributed by atoms with Crippen molar-refractivity contribution in [2.45, 2.75) is 12.8 Å². The number of nitrogens with zero attached hydrogens (tertiary/aromatic N) is 1. The first-order chi connectivity index (χ1) is 17.0. The molecular formula is C27H21FN2O4S. The summed E-state index contributed by atoms with van der Waals surface area (Å²) >= 11 is 1.14. The second-order valence-corrected chi connectivity index (χ2v) is 8.51. The standard InChI is InChI=1S/C27H21FN2O4S/c1-2-33-27(32)24-23(22-9-6-14-34-22)20(15-29)26(30-25(24)18-7-4-3-5-8-18)35-16-21(31)17-10-12-19(28)13-11-17/h3-14,23,30H,2,16H2,1H3/t23-/m0/s1. The summed E-state index contributed by atoms with van der Waals surface area (Å²) in [5.41, 5.74) is 2.04. The summed E-state index contributed by atoms with van der Waals surface area (Å²) in [7, 11) is 0. The Bertz CT molecular complexity index is 1320. The van der Waals surface area contributed by atoms with Crippen molar-refractivity contribution in [3.8, 4) is 6.07 Å². The van der Waals surface area contributed by atoms with Crippen LogP contribution in [0, 0.1) is 17.1 Å². The normalized spacial score (nSPS) is 15.4. The van der Waals surface area contributed by atoms with E-state index in [-0.39, 0.29) is 29.3 Å². The fourth-order valence-electron chi connectivity index (χ4n) is 3.76. The lowest BCUT2D eigenvalue weighted by atomic mass is 9.84. The highest BCUT2D eigenvalue weighted by molar-refractivity contribution is 8.03. The molecule has 2 heterocycles. The third kappa shape index (κ3) is 5.20. The van der Waals surface area contributed by atoms with E-state index in [4.69, 9.17) is 9.15 Å². The number of halogens is 1. The van der Waals surface area contributed by atoms with Crippen LogP contribution in [0.5, 0.6) is 0 Å². The molecule has 1 N–H and O–H groups in total. The Hall–Kier alpha value is -4.09. The van der Waals surface area contributed by atoms with E-state index in [0.29, 0.717) is 27.6 Å². The fourth-order valence-corrected chi connectivity index (χ4v) is 4.69. The molecule has 1 aromatic heterocycles. The van der Waals surface area contributed by atoms with Crippen molar-refractivity contribution in [1.29, 1.82) is 5.26 Å². The zero-order valence-corrected chi connectivity index (χ0v) is 19.6. The van der Waals surface area contributed by atoms with E-state index in [0.717, 1.165) is 11.8 Å². The molecule has 0 saturated heterocycles. The van der Waals surface area contributed by atoms with Crippen LogP contribution in [0.2, 0.25) is 0 Å². The fraction of sp³-hybridized carbons (Fsp3) is 0.148. The molecule has 3 aromatic rings. The molecule has 0 unspecified atom stereocenters. The van der Waals surface area contributed by atoms with Gasteiger partial charge in [0.1, 0.15) is 11.6 Å². The molecule has 35 heavy (non-hydrogen) atoms. The van der Waals surface area contributed by atoms with Crippen LogP contribution in [-0.4, -0.2) is 24.1 Å². The van der Waals surface area contributed by atoms with Gasteiger partial charge in [0.05, 0.1) is 52.5 Å². The van der Waals surface area contributed by atoms with Crippen LogP contribution in [0.3, 0.4) is 0 Å². The minimum absolute atomic E-state index is 0.000823. The number of esters is 1. The molecule has 8 heteroatoms. The highest BCUT2D eigenvalue weighted by Gasteiger charge is 2.38. The number of hydrogen-bond acceptors (Lipinski definition) is 7. The van der Waals surface area contributed by atoms with Crippen LogP contribution in [0.1, 0.15) is 34.5 Å². The van der Waals surface area contributed by atoms with E-state index in [2.05, 4.69) is 11.4 Å². The number of allylic oxidation sites excluding steroid dienone is 1. The number of rotatable bonds is 8.